The van der Waals surface area contributed by atoms with Crippen LogP contribution in [0.4, 0.5) is 0 Å². The molecule has 244 valence electrons. The van der Waals surface area contributed by atoms with Gasteiger partial charge in [0.05, 0.1) is 13.2 Å². The molecule has 11 heteroatoms. The van der Waals surface area contributed by atoms with Crippen molar-refractivity contribution in [3.63, 3.8) is 0 Å². The van der Waals surface area contributed by atoms with Crippen molar-refractivity contribution in [3.8, 4) is 17.1 Å². The maximum atomic E-state index is 12.3. The van der Waals surface area contributed by atoms with E-state index in [0.29, 0.717) is 34.5 Å². The fraction of sp³-hybridized carbons (Fsp3) is 0.167. The number of phenolic OH excluding ortho intramolecular Hbond substituents is 1. The van der Waals surface area contributed by atoms with E-state index in [1.54, 1.807) is 63.2 Å². The van der Waals surface area contributed by atoms with E-state index in [-0.39, 0.29) is 30.3 Å². The van der Waals surface area contributed by atoms with Crippen molar-refractivity contribution in [1.82, 2.24) is 0 Å². The van der Waals surface area contributed by atoms with Gasteiger partial charge in [-0.1, -0.05) is 84.2 Å². The summed E-state index contributed by atoms with van der Waals surface area (Å²) >= 11 is 9.93. The lowest BCUT2D eigenvalue weighted by atomic mass is 10.1. The summed E-state index contributed by atoms with van der Waals surface area (Å²) in [4.78, 5) is 45.6. The minimum atomic E-state index is -0.481. The summed E-state index contributed by atoms with van der Waals surface area (Å²) in [5, 5.41) is 10.2. The Morgan fingerprint density at radius 2 is 1.21 bits per heavy atom. The monoisotopic (exact) mass is 828 g/mol. The highest BCUT2D eigenvalue weighted by molar-refractivity contribution is 9.11. The third kappa shape index (κ3) is 11.3. The molecule has 1 heterocycles. The first-order chi connectivity index (χ1) is 22.4. The van der Waals surface area contributed by atoms with Crippen LogP contribution in [0.3, 0.4) is 0 Å². The van der Waals surface area contributed by atoms with Gasteiger partial charge in [-0.25, -0.2) is 4.79 Å². The number of fused-ring (bicyclic) bond motifs is 1. The van der Waals surface area contributed by atoms with Crippen molar-refractivity contribution in [2.24, 2.45) is 0 Å². The Hall–Kier alpha value is -4.06. The lowest BCUT2D eigenvalue weighted by Gasteiger charge is -2.03. The Labute approximate surface area is 297 Å². The SMILES string of the molecule is CC(=O)c1ccc(Br)cc1.CCOC(=O)CC(=O)c1ccc(Br)cc1.CCOC(=O)c1c(-c2ccc(Br)cc2)oc2ccc(O)cc12. The van der Waals surface area contributed by atoms with Gasteiger partial charge in [0, 0.05) is 35.5 Å². The molecule has 47 heavy (non-hydrogen) atoms. The molecule has 5 aromatic rings. The molecule has 0 aliphatic carbocycles. The molecule has 4 aromatic carbocycles. The van der Waals surface area contributed by atoms with Gasteiger partial charge in [0.15, 0.2) is 11.6 Å². The second-order valence-electron chi connectivity index (χ2n) is 9.69. The number of carbonyl (C=O) groups is 4. The number of esters is 2. The molecule has 0 saturated carbocycles. The van der Waals surface area contributed by atoms with Gasteiger partial charge in [-0.3, -0.25) is 14.4 Å². The van der Waals surface area contributed by atoms with E-state index in [1.807, 2.05) is 36.4 Å². The number of hydrogen-bond donors (Lipinski definition) is 1. The molecule has 0 aliphatic rings. The average molecular weight is 831 g/mol. The van der Waals surface area contributed by atoms with Crippen LogP contribution in [0.5, 0.6) is 5.75 Å². The van der Waals surface area contributed by atoms with Gasteiger partial charge in [-0.05, 0) is 75.4 Å². The Bertz CT molecular complexity index is 1830. The summed E-state index contributed by atoms with van der Waals surface area (Å²) in [6.07, 6.45) is -0.199. The second kappa shape index (κ2) is 18.3. The molecule has 0 saturated heterocycles. The minimum Gasteiger partial charge on any atom is -0.508 e. The zero-order chi connectivity index (χ0) is 34.5. The molecule has 0 unspecified atom stereocenters. The Morgan fingerprint density at radius 1 is 0.702 bits per heavy atom. The molecule has 5 rings (SSSR count). The molecule has 0 aliphatic heterocycles. The molecule has 0 bridgehead atoms. The Morgan fingerprint density at radius 3 is 1.72 bits per heavy atom. The van der Waals surface area contributed by atoms with E-state index in [9.17, 15) is 24.3 Å². The quantitative estimate of drug-likeness (QED) is 0.0933. The number of halogens is 3. The molecule has 0 amide bonds. The fourth-order valence-corrected chi connectivity index (χ4v) is 4.85. The predicted octanol–water partition coefficient (Wildman–Crippen LogP) is 9.98. The van der Waals surface area contributed by atoms with Crippen LogP contribution in [0.25, 0.3) is 22.3 Å². The zero-order valence-corrected chi connectivity index (χ0v) is 30.5. The van der Waals surface area contributed by atoms with Gasteiger partial charge in [0.2, 0.25) is 0 Å². The van der Waals surface area contributed by atoms with Crippen LogP contribution in [0.15, 0.2) is 109 Å². The van der Waals surface area contributed by atoms with Crippen LogP contribution in [-0.2, 0) is 14.3 Å². The van der Waals surface area contributed by atoms with Crippen LogP contribution >= 0.6 is 47.8 Å². The molecular formula is C36H31Br3O8. The van der Waals surface area contributed by atoms with Crippen LogP contribution < -0.4 is 0 Å². The normalized spacial score (nSPS) is 10.2. The minimum absolute atomic E-state index is 0.0706. The summed E-state index contributed by atoms with van der Waals surface area (Å²) in [6, 6.07) is 26.3. The first kappa shape index (κ1) is 37.4. The molecule has 1 aromatic heterocycles. The van der Waals surface area contributed by atoms with Crippen molar-refractivity contribution in [2.75, 3.05) is 13.2 Å². The molecule has 0 radical (unpaired) electrons. The number of hydrogen-bond acceptors (Lipinski definition) is 8. The molecule has 1 N–H and O–H groups in total. The van der Waals surface area contributed by atoms with Crippen molar-refractivity contribution in [2.45, 2.75) is 27.2 Å². The maximum absolute atomic E-state index is 12.3. The van der Waals surface area contributed by atoms with Gasteiger partial charge in [0.1, 0.15) is 29.1 Å². The number of carbonyl (C=O) groups excluding carboxylic acids is 4. The van der Waals surface area contributed by atoms with Gasteiger partial charge in [-0.15, -0.1) is 0 Å². The number of ketones is 2. The highest BCUT2D eigenvalue weighted by Gasteiger charge is 2.23. The summed E-state index contributed by atoms with van der Waals surface area (Å²) in [5.41, 5.74) is 2.89. The number of Topliss-reactive ketones (excluding diaryl/α,β-unsaturated/α-hetero) is 2. The zero-order valence-electron chi connectivity index (χ0n) is 25.7. The standard InChI is InChI=1S/C17H13BrO4.C11H11BrO3.C8H7BrO/c1-2-21-17(20)15-13-9-12(19)7-8-14(13)22-16(15)10-3-5-11(18)6-4-10;1-2-15-11(14)7-10(13)8-3-5-9(12)6-4-8;1-6(10)7-2-4-8(9)5-3-7/h3-9,19H,2H2,1H3;3-6H,2,7H2,1H3;2-5H,1H3. The lowest BCUT2D eigenvalue weighted by Crippen LogP contribution is -2.11. The number of ether oxygens (including phenoxy) is 2. The number of furan rings is 1. The summed E-state index contributed by atoms with van der Waals surface area (Å²) in [5.74, 6) is -0.559. The Balaban J connectivity index is 0.000000208. The first-order valence-electron chi connectivity index (χ1n) is 14.3. The van der Waals surface area contributed by atoms with Gasteiger partial charge in [0.25, 0.3) is 0 Å². The molecule has 0 spiro atoms. The van der Waals surface area contributed by atoms with Crippen LogP contribution in [0, 0.1) is 0 Å². The topological polar surface area (TPSA) is 120 Å². The van der Waals surface area contributed by atoms with Crippen molar-refractivity contribution < 1.29 is 38.2 Å². The predicted molar refractivity (Wildman–Crippen MR) is 191 cm³/mol. The number of rotatable bonds is 8. The van der Waals surface area contributed by atoms with Gasteiger partial charge in [-0.2, -0.15) is 0 Å². The van der Waals surface area contributed by atoms with E-state index in [2.05, 4.69) is 52.5 Å². The number of benzene rings is 4. The highest BCUT2D eigenvalue weighted by Crippen LogP contribution is 2.36. The van der Waals surface area contributed by atoms with Crippen molar-refractivity contribution >= 4 is 82.3 Å². The van der Waals surface area contributed by atoms with E-state index >= 15 is 0 Å². The number of phenols is 1. The van der Waals surface area contributed by atoms with Crippen molar-refractivity contribution in [1.29, 1.82) is 0 Å². The Kier molecular flexibility index (Phi) is 14.6. The highest BCUT2D eigenvalue weighted by atomic mass is 79.9. The third-order valence-electron chi connectivity index (χ3n) is 6.28. The molecule has 0 fully saturated rings. The van der Waals surface area contributed by atoms with E-state index in [1.165, 1.54) is 12.1 Å². The summed E-state index contributed by atoms with van der Waals surface area (Å²) in [7, 11) is 0. The smallest absolute Gasteiger partial charge is 0.342 e. The largest absolute Gasteiger partial charge is 0.508 e. The van der Waals surface area contributed by atoms with E-state index < -0.39 is 11.9 Å². The van der Waals surface area contributed by atoms with Crippen LogP contribution in [-0.4, -0.2) is 41.8 Å². The van der Waals surface area contributed by atoms with E-state index in [0.717, 1.165) is 24.5 Å². The van der Waals surface area contributed by atoms with Crippen molar-refractivity contribution in [3.05, 3.63) is 121 Å². The van der Waals surface area contributed by atoms with Gasteiger partial charge >= 0.3 is 11.9 Å². The van der Waals surface area contributed by atoms with Crippen LogP contribution in [0.1, 0.15) is 58.3 Å². The van der Waals surface area contributed by atoms with Gasteiger partial charge < -0.3 is 19.0 Å². The van der Waals surface area contributed by atoms with Crippen LogP contribution in [0.2, 0.25) is 0 Å². The molecule has 8 nitrogen and oxygen atoms in total. The number of aromatic hydroxyl groups is 1. The maximum Gasteiger partial charge on any atom is 0.342 e. The fourth-order valence-electron chi connectivity index (χ4n) is 4.06. The summed E-state index contributed by atoms with van der Waals surface area (Å²) < 4.78 is 18.5. The lowest BCUT2D eigenvalue weighted by molar-refractivity contribution is -0.141. The molecule has 0 atom stereocenters. The average Bonchev–Trinajstić information content (AvgIpc) is 3.41. The first-order valence-corrected chi connectivity index (χ1v) is 16.7. The van der Waals surface area contributed by atoms with E-state index in [4.69, 9.17) is 9.15 Å². The molecular weight excluding hydrogens is 800 g/mol. The third-order valence-corrected chi connectivity index (χ3v) is 7.87. The second-order valence-corrected chi connectivity index (χ2v) is 12.4. The summed E-state index contributed by atoms with van der Waals surface area (Å²) in [6.45, 7) is 5.58.